The quantitative estimate of drug-likeness (QED) is 0.547. The number of hydrogen-bond acceptors (Lipinski definition) is 3. The number of aromatic amines is 1. The Kier molecular flexibility index (Phi) is 1.53. The smallest absolute Gasteiger partial charge is 0.138 e. The van der Waals surface area contributed by atoms with Crippen molar-refractivity contribution in [3.8, 4) is 0 Å². The zero-order valence-electron chi connectivity index (χ0n) is 4.55. The molecule has 1 rings (SSSR count). The molecule has 3 nitrogen and oxygen atoms in total. The second kappa shape index (κ2) is 2.17. The predicted molar refractivity (Wildman–Crippen MR) is 33.0 cm³/mol. The van der Waals surface area contributed by atoms with Crippen LogP contribution >= 0.6 is 12.6 Å². The Hall–Kier alpha value is -0.510. The molecule has 0 unspecified atom stereocenters. The number of thiol groups is 1. The van der Waals surface area contributed by atoms with E-state index in [1.807, 2.05) is 6.92 Å². The van der Waals surface area contributed by atoms with Gasteiger partial charge in [-0.15, -0.1) is 17.7 Å². The maximum atomic E-state index is 4.02. The summed E-state index contributed by atoms with van der Waals surface area (Å²) in [7, 11) is 0. The predicted octanol–water partition coefficient (Wildman–Crippen LogP) is 0.656. The van der Waals surface area contributed by atoms with Crippen molar-refractivity contribution in [3.05, 3.63) is 5.69 Å². The van der Waals surface area contributed by atoms with Gasteiger partial charge in [-0.1, -0.05) is 6.92 Å². The Bertz CT molecular complexity index is 172. The number of aromatic nitrogens is 3. The molecule has 8 heavy (non-hydrogen) atoms. The van der Waals surface area contributed by atoms with Crippen LogP contribution in [0.1, 0.15) is 12.6 Å². The lowest BCUT2D eigenvalue weighted by molar-refractivity contribution is 0.901. The average Bonchev–Trinajstić information content (AvgIpc) is 2.14. The van der Waals surface area contributed by atoms with Gasteiger partial charge in [0.05, 0.1) is 5.69 Å². The van der Waals surface area contributed by atoms with Crippen LogP contribution in [-0.4, -0.2) is 15.4 Å². The standard InChI is InChI=1S/C4H7N3S/c1-2-3-4(8)6-7-5-3/h2H2,1H3,(H2,5,6,7,8). The molecule has 4 heteroatoms. The molecule has 1 aromatic rings. The first-order valence-electron chi connectivity index (χ1n) is 2.43. The Morgan fingerprint density at radius 1 is 1.62 bits per heavy atom. The van der Waals surface area contributed by atoms with Crippen LogP contribution in [0.15, 0.2) is 5.03 Å². The Labute approximate surface area is 52.9 Å². The minimum atomic E-state index is 0.701. The maximum Gasteiger partial charge on any atom is 0.138 e. The summed E-state index contributed by atoms with van der Waals surface area (Å²) in [5, 5.41) is 10.7. The summed E-state index contributed by atoms with van der Waals surface area (Å²) >= 11 is 4.02. The first kappa shape index (κ1) is 5.62. The molecule has 0 radical (unpaired) electrons. The zero-order chi connectivity index (χ0) is 5.98. The Balaban J connectivity index is 2.92. The van der Waals surface area contributed by atoms with Gasteiger partial charge in [0.1, 0.15) is 5.03 Å². The number of aryl methyl sites for hydroxylation is 1. The van der Waals surface area contributed by atoms with Crippen LogP contribution < -0.4 is 0 Å². The molecule has 0 spiro atoms. The SMILES string of the molecule is CCc1n[nH]nc1S. The fraction of sp³-hybridized carbons (Fsp3) is 0.500. The van der Waals surface area contributed by atoms with Crippen molar-refractivity contribution in [2.24, 2.45) is 0 Å². The van der Waals surface area contributed by atoms with Crippen LogP contribution in [0.2, 0.25) is 0 Å². The topological polar surface area (TPSA) is 41.6 Å². The van der Waals surface area contributed by atoms with Crippen LogP contribution in [0.4, 0.5) is 0 Å². The van der Waals surface area contributed by atoms with E-state index in [2.05, 4.69) is 28.0 Å². The van der Waals surface area contributed by atoms with Crippen molar-refractivity contribution in [1.29, 1.82) is 0 Å². The summed E-state index contributed by atoms with van der Waals surface area (Å²) in [4.78, 5) is 0. The van der Waals surface area contributed by atoms with E-state index < -0.39 is 0 Å². The lowest BCUT2D eigenvalue weighted by Gasteiger charge is -1.81. The molecule has 0 aliphatic carbocycles. The molecule has 0 saturated heterocycles. The number of nitrogens with zero attached hydrogens (tertiary/aromatic N) is 2. The van der Waals surface area contributed by atoms with E-state index in [4.69, 9.17) is 0 Å². The van der Waals surface area contributed by atoms with Gasteiger partial charge < -0.3 is 0 Å². The van der Waals surface area contributed by atoms with Gasteiger partial charge in [0.2, 0.25) is 0 Å². The summed E-state index contributed by atoms with van der Waals surface area (Å²) in [5.74, 6) is 0. The summed E-state index contributed by atoms with van der Waals surface area (Å²) < 4.78 is 0. The van der Waals surface area contributed by atoms with Gasteiger partial charge in [0, 0.05) is 0 Å². The highest BCUT2D eigenvalue weighted by Gasteiger charge is 1.96. The van der Waals surface area contributed by atoms with Gasteiger partial charge in [-0.2, -0.15) is 10.3 Å². The van der Waals surface area contributed by atoms with E-state index in [1.165, 1.54) is 0 Å². The second-order valence-electron chi connectivity index (χ2n) is 1.45. The molecule has 1 N–H and O–H groups in total. The second-order valence-corrected chi connectivity index (χ2v) is 1.87. The Morgan fingerprint density at radius 2 is 2.38 bits per heavy atom. The normalized spacial score (nSPS) is 9.75. The molecule has 0 aliphatic rings. The third kappa shape index (κ3) is 0.838. The van der Waals surface area contributed by atoms with E-state index in [1.54, 1.807) is 0 Å². The minimum absolute atomic E-state index is 0.701. The summed E-state index contributed by atoms with van der Waals surface area (Å²) in [5.41, 5.74) is 0.924. The van der Waals surface area contributed by atoms with Crippen molar-refractivity contribution in [1.82, 2.24) is 15.4 Å². The van der Waals surface area contributed by atoms with Crippen molar-refractivity contribution in [3.63, 3.8) is 0 Å². The summed E-state index contributed by atoms with van der Waals surface area (Å²) in [6.07, 6.45) is 0.884. The van der Waals surface area contributed by atoms with E-state index in [-0.39, 0.29) is 0 Å². The first-order chi connectivity index (χ1) is 3.84. The molecule has 0 aliphatic heterocycles. The van der Waals surface area contributed by atoms with Crippen LogP contribution in [-0.2, 0) is 6.42 Å². The summed E-state index contributed by atoms with van der Waals surface area (Å²) in [6.45, 7) is 2.01. The van der Waals surface area contributed by atoms with Crippen LogP contribution in [0.5, 0.6) is 0 Å². The zero-order valence-corrected chi connectivity index (χ0v) is 5.44. The van der Waals surface area contributed by atoms with Crippen molar-refractivity contribution < 1.29 is 0 Å². The highest BCUT2D eigenvalue weighted by atomic mass is 32.1. The van der Waals surface area contributed by atoms with E-state index in [9.17, 15) is 0 Å². The van der Waals surface area contributed by atoms with Gasteiger partial charge in [-0.3, -0.25) is 0 Å². The van der Waals surface area contributed by atoms with Gasteiger partial charge >= 0.3 is 0 Å². The van der Waals surface area contributed by atoms with Crippen LogP contribution in [0, 0.1) is 0 Å². The number of rotatable bonds is 1. The number of H-pyrrole nitrogens is 1. The van der Waals surface area contributed by atoms with E-state index in [0.717, 1.165) is 12.1 Å². The van der Waals surface area contributed by atoms with Crippen molar-refractivity contribution in [2.75, 3.05) is 0 Å². The average molecular weight is 129 g/mol. The van der Waals surface area contributed by atoms with E-state index >= 15 is 0 Å². The van der Waals surface area contributed by atoms with Crippen molar-refractivity contribution >= 4 is 12.6 Å². The molecular weight excluding hydrogens is 122 g/mol. The lowest BCUT2D eigenvalue weighted by atomic mass is 10.4. The fourth-order valence-electron chi connectivity index (χ4n) is 0.484. The molecule has 1 aromatic heterocycles. The molecule has 0 fully saturated rings. The number of hydrogen-bond donors (Lipinski definition) is 2. The molecule has 44 valence electrons. The van der Waals surface area contributed by atoms with Gasteiger partial charge in [0.15, 0.2) is 0 Å². The largest absolute Gasteiger partial charge is 0.197 e. The lowest BCUT2D eigenvalue weighted by Crippen LogP contribution is -1.78. The van der Waals surface area contributed by atoms with Gasteiger partial charge in [-0.25, -0.2) is 0 Å². The molecule has 0 bridgehead atoms. The first-order valence-corrected chi connectivity index (χ1v) is 2.88. The molecule has 0 aromatic carbocycles. The summed E-state index contributed by atoms with van der Waals surface area (Å²) in [6, 6.07) is 0. The third-order valence-corrected chi connectivity index (χ3v) is 1.29. The third-order valence-electron chi connectivity index (χ3n) is 0.934. The number of nitrogens with one attached hydrogen (secondary N) is 1. The van der Waals surface area contributed by atoms with E-state index in [0.29, 0.717) is 5.03 Å². The Morgan fingerprint density at radius 3 is 2.62 bits per heavy atom. The minimum Gasteiger partial charge on any atom is -0.197 e. The highest BCUT2D eigenvalue weighted by molar-refractivity contribution is 7.80. The van der Waals surface area contributed by atoms with Crippen molar-refractivity contribution in [2.45, 2.75) is 18.4 Å². The maximum absolute atomic E-state index is 4.02. The fourth-order valence-corrected chi connectivity index (χ4v) is 0.737. The molecule has 0 saturated carbocycles. The highest BCUT2D eigenvalue weighted by Crippen LogP contribution is 2.04. The van der Waals surface area contributed by atoms with Crippen LogP contribution in [0.25, 0.3) is 0 Å². The van der Waals surface area contributed by atoms with Gasteiger partial charge in [-0.05, 0) is 6.42 Å². The monoisotopic (exact) mass is 129 g/mol. The van der Waals surface area contributed by atoms with Gasteiger partial charge in [0.25, 0.3) is 0 Å². The molecule has 0 amide bonds. The molecular formula is C4H7N3S. The van der Waals surface area contributed by atoms with Crippen LogP contribution in [0.3, 0.4) is 0 Å². The molecule has 0 atom stereocenters. The molecule has 1 heterocycles.